The zero-order valence-corrected chi connectivity index (χ0v) is 10.7. The van der Waals surface area contributed by atoms with E-state index in [9.17, 15) is 0 Å². The standard InChI is InChI=1S/C12H23N3O/c1-10(9-16)8-15-6-5-13-11(15)7-14-12(2,3)4/h5-6,10,14,16H,7-9H2,1-4H3. The van der Waals surface area contributed by atoms with Crippen molar-refractivity contribution >= 4 is 0 Å². The first kappa shape index (κ1) is 13.2. The lowest BCUT2D eigenvalue weighted by molar-refractivity contribution is 0.221. The zero-order chi connectivity index (χ0) is 12.2. The first-order valence-corrected chi connectivity index (χ1v) is 5.78. The van der Waals surface area contributed by atoms with E-state index in [0.29, 0.717) is 0 Å². The number of rotatable bonds is 5. The largest absolute Gasteiger partial charge is 0.396 e. The lowest BCUT2D eigenvalue weighted by Crippen LogP contribution is -2.36. The Labute approximate surface area is 97.7 Å². The van der Waals surface area contributed by atoms with Gasteiger partial charge in [0.2, 0.25) is 0 Å². The molecule has 2 N–H and O–H groups in total. The highest BCUT2D eigenvalue weighted by Gasteiger charge is 2.11. The van der Waals surface area contributed by atoms with E-state index in [-0.39, 0.29) is 18.1 Å². The van der Waals surface area contributed by atoms with Crippen molar-refractivity contribution in [2.75, 3.05) is 6.61 Å². The summed E-state index contributed by atoms with van der Waals surface area (Å²) < 4.78 is 2.10. The molecule has 0 saturated carbocycles. The molecule has 4 nitrogen and oxygen atoms in total. The van der Waals surface area contributed by atoms with Crippen molar-refractivity contribution in [3.05, 3.63) is 18.2 Å². The molecule has 0 spiro atoms. The molecule has 1 aromatic rings. The summed E-state index contributed by atoms with van der Waals surface area (Å²) in [5.74, 6) is 1.29. The second-order valence-corrected chi connectivity index (χ2v) is 5.39. The molecule has 1 heterocycles. The number of aromatic nitrogens is 2. The van der Waals surface area contributed by atoms with Crippen LogP contribution in [0.4, 0.5) is 0 Å². The van der Waals surface area contributed by atoms with E-state index in [1.54, 1.807) is 0 Å². The Hall–Kier alpha value is -0.870. The van der Waals surface area contributed by atoms with Gasteiger partial charge in [0.15, 0.2) is 0 Å². The Kier molecular flexibility index (Phi) is 4.50. The fourth-order valence-corrected chi connectivity index (χ4v) is 1.41. The van der Waals surface area contributed by atoms with Crippen LogP contribution < -0.4 is 5.32 Å². The van der Waals surface area contributed by atoms with Crippen LogP contribution in [0, 0.1) is 5.92 Å². The minimum atomic E-state index is 0.0966. The maximum absolute atomic E-state index is 9.03. The van der Waals surface area contributed by atoms with Gasteiger partial charge in [0.05, 0.1) is 6.54 Å². The molecule has 0 fully saturated rings. The smallest absolute Gasteiger partial charge is 0.122 e. The van der Waals surface area contributed by atoms with Crippen molar-refractivity contribution in [1.29, 1.82) is 0 Å². The predicted molar refractivity (Wildman–Crippen MR) is 65.1 cm³/mol. The molecule has 0 aromatic carbocycles. The van der Waals surface area contributed by atoms with Gasteiger partial charge in [-0.1, -0.05) is 6.92 Å². The van der Waals surface area contributed by atoms with Crippen molar-refractivity contribution in [1.82, 2.24) is 14.9 Å². The number of aliphatic hydroxyl groups excluding tert-OH is 1. The van der Waals surface area contributed by atoms with Crippen LogP contribution in [0.3, 0.4) is 0 Å². The molecule has 0 amide bonds. The topological polar surface area (TPSA) is 50.1 Å². The Bertz CT molecular complexity index is 314. The molecule has 0 bridgehead atoms. The third kappa shape index (κ3) is 4.33. The highest BCUT2D eigenvalue weighted by molar-refractivity contribution is 4.93. The average molecular weight is 225 g/mol. The van der Waals surface area contributed by atoms with Gasteiger partial charge in [-0.3, -0.25) is 0 Å². The number of hydrogen-bond acceptors (Lipinski definition) is 3. The quantitative estimate of drug-likeness (QED) is 0.796. The van der Waals surface area contributed by atoms with E-state index in [4.69, 9.17) is 5.11 Å². The van der Waals surface area contributed by atoms with Crippen LogP contribution in [0.15, 0.2) is 12.4 Å². The second-order valence-electron chi connectivity index (χ2n) is 5.39. The maximum Gasteiger partial charge on any atom is 0.122 e. The summed E-state index contributed by atoms with van der Waals surface area (Å²) in [6, 6.07) is 0. The van der Waals surface area contributed by atoms with Crippen LogP contribution in [-0.2, 0) is 13.1 Å². The highest BCUT2D eigenvalue weighted by atomic mass is 16.3. The van der Waals surface area contributed by atoms with Crippen molar-refractivity contribution in [3.63, 3.8) is 0 Å². The lowest BCUT2D eigenvalue weighted by atomic mass is 10.1. The van der Waals surface area contributed by atoms with Gasteiger partial charge in [0, 0.05) is 31.1 Å². The summed E-state index contributed by atoms with van der Waals surface area (Å²) in [7, 11) is 0. The third-order valence-electron chi connectivity index (χ3n) is 2.40. The van der Waals surface area contributed by atoms with Gasteiger partial charge in [-0.15, -0.1) is 0 Å². The summed E-state index contributed by atoms with van der Waals surface area (Å²) in [4.78, 5) is 4.33. The minimum absolute atomic E-state index is 0.0966. The summed E-state index contributed by atoms with van der Waals surface area (Å²) in [5.41, 5.74) is 0.0966. The molecule has 4 heteroatoms. The third-order valence-corrected chi connectivity index (χ3v) is 2.40. The number of nitrogens with zero attached hydrogens (tertiary/aromatic N) is 2. The van der Waals surface area contributed by atoms with Crippen molar-refractivity contribution in [2.24, 2.45) is 5.92 Å². The number of aliphatic hydroxyl groups is 1. The Morgan fingerprint density at radius 2 is 2.19 bits per heavy atom. The van der Waals surface area contributed by atoms with E-state index >= 15 is 0 Å². The SMILES string of the molecule is CC(CO)Cn1ccnc1CNC(C)(C)C. The van der Waals surface area contributed by atoms with Gasteiger partial charge in [-0.05, 0) is 26.7 Å². The van der Waals surface area contributed by atoms with E-state index in [1.807, 2.05) is 19.3 Å². The second kappa shape index (κ2) is 5.46. The molecule has 0 radical (unpaired) electrons. The van der Waals surface area contributed by atoms with Gasteiger partial charge in [0.1, 0.15) is 5.82 Å². The van der Waals surface area contributed by atoms with Crippen LogP contribution in [-0.4, -0.2) is 26.8 Å². The Morgan fingerprint density at radius 1 is 1.50 bits per heavy atom. The molecular formula is C12H23N3O. The number of hydrogen-bond donors (Lipinski definition) is 2. The first-order valence-electron chi connectivity index (χ1n) is 5.78. The molecule has 92 valence electrons. The Morgan fingerprint density at radius 3 is 2.75 bits per heavy atom. The molecule has 1 atom stereocenters. The summed E-state index contributed by atoms with van der Waals surface area (Å²) in [6.45, 7) is 10.2. The molecule has 1 aromatic heterocycles. The monoisotopic (exact) mass is 225 g/mol. The van der Waals surface area contributed by atoms with Gasteiger partial charge in [-0.2, -0.15) is 0 Å². The molecule has 1 unspecified atom stereocenters. The van der Waals surface area contributed by atoms with Gasteiger partial charge >= 0.3 is 0 Å². The van der Waals surface area contributed by atoms with Gasteiger partial charge < -0.3 is 15.0 Å². The molecule has 16 heavy (non-hydrogen) atoms. The van der Waals surface area contributed by atoms with Crippen molar-refractivity contribution in [2.45, 2.75) is 46.3 Å². The van der Waals surface area contributed by atoms with Crippen LogP contribution >= 0.6 is 0 Å². The van der Waals surface area contributed by atoms with Gasteiger partial charge in [-0.25, -0.2) is 4.98 Å². The van der Waals surface area contributed by atoms with Crippen LogP contribution in [0.25, 0.3) is 0 Å². The van der Waals surface area contributed by atoms with E-state index in [0.717, 1.165) is 18.9 Å². The first-order chi connectivity index (χ1) is 7.42. The fraction of sp³-hybridized carbons (Fsp3) is 0.750. The highest BCUT2D eigenvalue weighted by Crippen LogP contribution is 2.06. The summed E-state index contributed by atoms with van der Waals surface area (Å²) >= 11 is 0. The van der Waals surface area contributed by atoms with E-state index < -0.39 is 0 Å². The zero-order valence-electron chi connectivity index (χ0n) is 10.7. The van der Waals surface area contributed by atoms with Crippen molar-refractivity contribution in [3.8, 4) is 0 Å². The fourth-order valence-electron chi connectivity index (χ4n) is 1.41. The number of imidazole rings is 1. The molecular weight excluding hydrogens is 202 g/mol. The summed E-state index contributed by atoms with van der Waals surface area (Å²) in [6.07, 6.45) is 3.77. The van der Waals surface area contributed by atoms with Crippen LogP contribution in [0.5, 0.6) is 0 Å². The predicted octanol–water partition coefficient (Wildman–Crippen LogP) is 1.40. The van der Waals surface area contributed by atoms with Crippen LogP contribution in [0.2, 0.25) is 0 Å². The number of nitrogens with one attached hydrogen (secondary N) is 1. The average Bonchev–Trinajstić information content (AvgIpc) is 2.61. The molecule has 1 rings (SSSR count). The minimum Gasteiger partial charge on any atom is -0.396 e. The molecule has 0 aliphatic carbocycles. The Balaban J connectivity index is 2.57. The maximum atomic E-state index is 9.03. The summed E-state index contributed by atoms with van der Waals surface area (Å²) in [5, 5.41) is 12.4. The lowest BCUT2D eigenvalue weighted by Gasteiger charge is -2.21. The van der Waals surface area contributed by atoms with E-state index in [1.165, 1.54) is 0 Å². The van der Waals surface area contributed by atoms with E-state index in [2.05, 4.69) is 35.6 Å². The molecule has 0 aliphatic rings. The van der Waals surface area contributed by atoms with Gasteiger partial charge in [0.25, 0.3) is 0 Å². The van der Waals surface area contributed by atoms with Crippen LogP contribution in [0.1, 0.15) is 33.5 Å². The normalized spacial score (nSPS) is 14.1. The molecule has 0 saturated heterocycles. The molecule has 0 aliphatic heterocycles. The van der Waals surface area contributed by atoms with Crippen molar-refractivity contribution < 1.29 is 5.11 Å².